The summed E-state index contributed by atoms with van der Waals surface area (Å²) in [5, 5.41) is 0. The number of nitrogens with zero attached hydrogens (tertiary/aromatic N) is 1. The highest BCUT2D eigenvalue weighted by molar-refractivity contribution is 5.89. The fourth-order valence-electron chi connectivity index (χ4n) is 4.34. The standard InChI is InChI=1S/C33H41NO6/c1-4-38-32(35)12-8-9-22-34(24-26-13-17-29(18-14-26)33(36)39-5-2)23-21-28-10-6-7-11-31(28)40-25-27-15-19-30(37-3)20-16-27/h6-7,10-11,13-20H,4-5,8-9,12,21-25H2,1-3H3. The Kier molecular flexibility index (Phi) is 13.0. The average molecular weight is 548 g/mol. The van der Waals surface area contributed by atoms with E-state index in [1.807, 2.05) is 73.7 Å². The predicted octanol–water partition coefficient (Wildman–Crippen LogP) is 6.23. The van der Waals surface area contributed by atoms with Crippen LogP contribution in [-0.4, -0.2) is 50.3 Å². The van der Waals surface area contributed by atoms with E-state index in [-0.39, 0.29) is 11.9 Å². The van der Waals surface area contributed by atoms with E-state index in [1.165, 1.54) is 0 Å². The van der Waals surface area contributed by atoms with Crippen LogP contribution in [0, 0.1) is 0 Å². The van der Waals surface area contributed by atoms with Crippen molar-refractivity contribution < 1.29 is 28.5 Å². The molecule has 3 aromatic carbocycles. The minimum Gasteiger partial charge on any atom is -0.497 e. The molecular formula is C33H41NO6. The molecule has 0 unspecified atom stereocenters. The summed E-state index contributed by atoms with van der Waals surface area (Å²) >= 11 is 0. The Hall–Kier alpha value is -3.84. The lowest BCUT2D eigenvalue weighted by molar-refractivity contribution is -0.143. The Labute approximate surface area is 238 Å². The van der Waals surface area contributed by atoms with Crippen LogP contribution in [0.4, 0.5) is 0 Å². The number of esters is 2. The zero-order valence-corrected chi connectivity index (χ0v) is 23.9. The summed E-state index contributed by atoms with van der Waals surface area (Å²) in [7, 11) is 1.66. The van der Waals surface area contributed by atoms with Gasteiger partial charge in [-0.2, -0.15) is 0 Å². The molecule has 0 amide bonds. The maximum Gasteiger partial charge on any atom is 0.338 e. The minimum atomic E-state index is -0.309. The van der Waals surface area contributed by atoms with E-state index < -0.39 is 0 Å². The van der Waals surface area contributed by atoms with Crippen molar-refractivity contribution in [1.82, 2.24) is 4.90 Å². The number of benzene rings is 3. The first kappa shape index (κ1) is 30.7. The maximum absolute atomic E-state index is 12.0. The van der Waals surface area contributed by atoms with Gasteiger partial charge in [-0.1, -0.05) is 42.5 Å². The first-order chi connectivity index (χ1) is 19.5. The summed E-state index contributed by atoms with van der Waals surface area (Å²) in [5.74, 6) is 1.24. The van der Waals surface area contributed by atoms with Crippen LogP contribution in [0.1, 0.15) is 60.2 Å². The zero-order valence-electron chi connectivity index (χ0n) is 23.9. The quantitative estimate of drug-likeness (QED) is 0.147. The molecule has 0 heterocycles. The minimum absolute atomic E-state index is 0.147. The first-order valence-corrected chi connectivity index (χ1v) is 14.0. The molecule has 40 heavy (non-hydrogen) atoms. The molecule has 0 aromatic heterocycles. The maximum atomic E-state index is 12.0. The molecule has 7 nitrogen and oxygen atoms in total. The molecule has 3 aromatic rings. The van der Waals surface area contributed by atoms with Crippen molar-refractivity contribution in [3.63, 3.8) is 0 Å². The highest BCUT2D eigenvalue weighted by Gasteiger charge is 2.12. The molecule has 0 saturated heterocycles. The van der Waals surface area contributed by atoms with E-state index in [4.69, 9.17) is 18.9 Å². The Morgan fingerprint density at radius 3 is 2.17 bits per heavy atom. The van der Waals surface area contributed by atoms with Gasteiger partial charge >= 0.3 is 11.9 Å². The van der Waals surface area contributed by atoms with Crippen molar-refractivity contribution in [1.29, 1.82) is 0 Å². The van der Waals surface area contributed by atoms with E-state index >= 15 is 0 Å². The fraction of sp³-hybridized carbons (Fsp3) is 0.394. The summed E-state index contributed by atoms with van der Waals surface area (Å²) in [6, 6.07) is 23.6. The van der Waals surface area contributed by atoms with Gasteiger partial charge in [-0.15, -0.1) is 0 Å². The largest absolute Gasteiger partial charge is 0.497 e. The molecule has 0 aliphatic carbocycles. The van der Waals surface area contributed by atoms with Gasteiger partial charge in [-0.05, 0) is 86.7 Å². The number of ether oxygens (including phenoxy) is 4. The topological polar surface area (TPSA) is 74.3 Å². The molecule has 0 radical (unpaired) electrons. The Morgan fingerprint density at radius 2 is 1.48 bits per heavy atom. The van der Waals surface area contributed by atoms with Gasteiger partial charge in [0.25, 0.3) is 0 Å². The molecule has 0 spiro atoms. The fourth-order valence-corrected chi connectivity index (χ4v) is 4.34. The lowest BCUT2D eigenvalue weighted by Gasteiger charge is -2.23. The van der Waals surface area contributed by atoms with Crippen LogP contribution < -0.4 is 9.47 Å². The lowest BCUT2D eigenvalue weighted by atomic mass is 10.1. The summed E-state index contributed by atoms with van der Waals surface area (Å²) in [6.45, 7) is 7.26. The zero-order chi connectivity index (χ0) is 28.6. The Morgan fingerprint density at radius 1 is 0.775 bits per heavy atom. The molecule has 0 fully saturated rings. The number of carbonyl (C=O) groups excluding carboxylic acids is 2. The third kappa shape index (κ3) is 10.4. The van der Waals surface area contributed by atoms with E-state index in [0.29, 0.717) is 31.8 Å². The number of para-hydroxylation sites is 1. The van der Waals surface area contributed by atoms with E-state index in [9.17, 15) is 9.59 Å². The molecule has 0 atom stereocenters. The smallest absolute Gasteiger partial charge is 0.338 e. The SMILES string of the molecule is CCOC(=O)CCCCN(CCc1ccccc1OCc1ccc(OC)cc1)Cc1ccc(C(=O)OCC)cc1. The second kappa shape index (κ2) is 17.0. The number of carbonyl (C=O) groups is 2. The van der Waals surface area contributed by atoms with E-state index in [2.05, 4.69) is 11.0 Å². The van der Waals surface area contributed by atoms with Crippen molar-refractivity contribution in [3.05, 3.63) is 95.1 Å². The number of rotatable bonds is 17. The van der Waals surface area contributed by atoms with Crippen LogP contribution in [0.3, 0.4) is 0 Å². The third-order valence-corrected chi connectivity index (χ3v) is 6.51. The number of unbranched alkanes of at least 4 members (excludes halogenated alkanes) is 1. The summed E-state index contributed by atoms with van der Waals surface area (Å²) < 4.78 is 21.6. The van der Waals surface area contributed by atoms with Crippen molar-refractivity contribution in [3.8, 4) is 11.5 Å². The normalized spacial score (nSPS) is 10.8. The number of methoxy groups -OCH3 is 1. The highest BCUT2D eigenvalue weighted by Crippen LogP contribution is 2.22. The van der Waals surface area contributed by atoms with Crippen molar-refractivity contribution >= 4 is 11.9 Å². The molecule has 0 aliphatic rings. The second-order valence-electron chi connectivity index (χ2n) is 9.45. The molecule has 7 heteroatoms. The number of hydrogen-bond donors (Lipinski definition) is 0. The van der Waals surface area contributed by atoms with E-state index in [0.717, 1.165) is 67.1 Å². The van der Waals surface area contributed by atoms with Gasteiger partial charge in [0.05, 0.1) is 25.9 Å². The van der Waals surface area contributed by atoms with Crippen LogP contribution in [-0.2, 0) is 33.8 Å². The van der Waals surface area contributed by atoms with E-state index in [1.54, 1.807) is 14.0 Å². The van der Waals surface area contributed by atoms with Crippen LogP contribution in [0.15, 0.2) is 72.8 Å². The van der Waals surface area contributed by atoms with Gasteiger partial charge in [-0.25, -0.2) is 4.79 Å². The van der Waals surface area contributed by atoms with Gasteiger partial charge in [-0.3, -0.25) is 9.69 Å². The molecule has 214 valence electrons. The van der Waals surface area contributed by atoms with Gasteiger partial charge < -0.3 is 18.9 Å². The van der Waals surface area contributed by atoms with Crippen molar-refractivity contribution in [2.75, 3.05) is 33.4 Å². The van der Waals surface area contributed by atoms with Crippen LogP contribution in [0.2, 0.25) is 0 Å². The van der Waals surface area contributed by atoms with Crippen molar-refractivity contribution in [2.24, 2.45) is 0 Å². The van der Waals surface area contributed by atoms with Crippen LogP contribution in [0.5, 0.6) is 11.5 Å². The molecular weight excluding hydrogens is 506 g/mol. The van der Waals surface area contributed by atoms with Crippen LogP contribution in [0.25, 0.3) is 0 Å². The average Bonchev–Trinajstić information content (AvgIpc) is 2.98. The summed E-state index contributed by atoms with van der Waals surface area (Å²) in [5.41, 5.74) is 3.88. The molecule has 3 rings (SSSR count). The van der Waals surface area contributed by atoms with Gasteiger partial charge in [0, 0.05) is 19.5 Å². The monoisotopic (exact) mass is 547 g/mol. The Balaban J connectivity index is 1.62. The van der Waals surface area contributed by atoms with Gasteiger partial charge in [0.15, 0.2) is 0 Å². The molecule has 0 bridgehead atoms. The molecule has 0 saturated carbocycles. The van der Waals surface area contributed by atoms with Gasteiger partial charge in [0.2, 0.25) is 0 Å². The number of hydrogen-bond acceptors (Lipinski definition) is 7. The third-order valence-electron chi connectivity index (χ3n) is 6.51. The van der Waals surface area contributed by atoms with Crippen molar-refractivity contribution in [2.45, 2.75) is 52.7 Å². The summed E-state index contributed by atoms with van der Waals surface area (Å²) in [4.78, 5) is 26.2. The predicted molar refractivity (Wildman–Crippen MR) is 156 cm³/mol. The Bertz CT molecular complexity index is 1180. The molecule has 0 aliphatic heterocycles. The first-order valence-electron chi connectivity index (χ1n) is 14.0. The lowest BCUT2D eigenvalue weighted by Crippen LogP contribution is -2.27. The van der Waals surface area contributed by atoms with Gasteiger partial charge in [0.1, 0.15) is 18.1 Å². The highest BCUT2D eigenvalue weighted by atomic mass is 16.5. The second-order valence-corrected chi connectivity index (χ2v) is 9.45. The molecule has 0 N–H and O–H groups in total. The van der Waals surface area contributed by atoms with Crippen LogP contribution >= 0.6 is 0 Å². The summed E-state index contributed by atoms with van der Waals surface area (Å²) in [6.07, 6.45) is 2.91.